The summed E-state index contributed by atoms with van der Waals surface area (Å²) in [6.45, 7) is 2.08. The first kappa shape index (κ1) is 16.0. The molecule has 0 fully saturated rings. The number of esters is 1. The van der Waals surface area contributed by atoms with Crippen molar-refractivity contribution < 1.29 is 14.3 Å². The molecule has 1 aliphatic rings. The molecule has 1 amide bonds. The Bertz CT molecular complexity index is 769. The molecule has 0 saturated heterocycles. The molecule has 0 unspecified atom stereocenters. The zero-order valence-corrected chi connectivity index (χ0v) is 14.2. The predicted molar refractivity (Wildman–Crippen MR) is 91.7 cm³/mol. The fourth-order valence-corrected chi connectivity index (χ4v) is 4.22. The highest BCUT2D eigenvalue weighted by atomic mass is 35.5. The maximum Gasteiger partial charge on any atom is 0.341 e. The molecule has 0 bridgehead atoms. The quantitative estimate of drug-likeness (QED) is 0.836. The number of carbonyl (C=O) groups excluding carboxylic acids is 2. The number of amides is 1. The Morgan fingerprint density at radius 1 is 1.30 bits per heavy atom. The highest BCUT2D eigenvalue weighted by molar-refractivity contribution is 7.17. The maximum atomic E-state index is 12.5. The Morgan fingerprint density at radius 3 is 2.83 bits per heavy atom. The van der Waals surface area contributed by atoms with E-state index in [0.29, 0.717) is 27.8 Å². The van der Waals surface area contributed by atoms with Crippen LogP contribution in [0.1, 0.15) is 44.5 Å². The number of anilines is 1. The number of thiophene rings is 1. The molecular formula is C17H16ClNO3S. The van der Waals surface area contributed by atoms with Gasteiger partial charge in [-0.2, -0.15) is 0 Å². The average molecular weight is 350 g/mol. The van der Waals surface area contributed by atoms with Gasteiger partial charge in [-0.1, -0.05) is 23.7 Å². The number of nitrogens with one attached hydrogen (secondary N) is 1. The largest absolute Gasteiger partial charge is 0.462 e. The minimum atomic E-state index is -0.374. The van der Waals surface area contributed by atoms with Crippen molar-refractivity contribution >= 4 is 39.8 Å². The second-order valence-electron chi connectivity index (χ2n) is 5.22. The number of hydrogen-bond donors (Lipinski definition) is 1. The van der Waals surface area contributed by atoms with E-state index in [0.717, 1.165) is 29.7 Å². The number of rotatable bonds is 4. The predicted octanol–water partition coefficient (Wildman–Crippen LogP) is 4.32. The van der Waals surface area contributed by atoms with Gasteiger partial charge < -0.3 is 10.1 Å². The monoisotopic (exact) mass is 349 g/mol. The summed E-state index contributed by atoms with van der Waals surface area (Å²) in [6, 6.07) is 6.84. The van der Waals surface area contributed by atoms with E-state index in [4.69, 9.17) is 16.3 Å². The van der Waals surface area contributed by atoms with Gasteiger partial charge in [0.15, 0.2) is 0 Å². The third-order valence-corrected chi connectivity index (χ3v) is 5.28. The molecule has 1 aliphatic carbocycles. The lowest BCUT2D eigenvalue weighted by Crippen LogP contribution is -2.15. The van der Waals surface area contributed by atoms with Gasteiger partial charge in [-0.25, -0.2) is 4.79 Å². The molecule has 3 rings (SSSR count). The van der Waals surface area contributed by atoms with Gasteiger partial charge in [-0.3, -0.25) is 4.79 Å². The Kier molecular flexibility index (Phi) is 4.68. The zero-order chi connectivity index (χ0) is 16.4. The molecule has 0 spiro atoms. The van der Waals surface area contributed by atoms with Crippen LogP contribution in [0.2, 0.25) is 5.02 Å². The minimum Gasteiger partial charge on any atom is -0.462 e. The molecule has 0 atom stereocenters. The molecule has 2 aromatic rings. The molecule has 1 N–H and O–H groups in total. The van der Waals surface area contributed by atoms with Gasteiger partial charge in [-0.05, 0) is 43.9 Å². The Balaban J connectivity index is 1.93. The number of ether oxygens (including phenoxy) is 1. The highest BCUT2D eigenvalue weighted by Gasteiger charge is 2.28. The van der Waals surface area contributed by atoms with Crippen molar-refractivity contribution in [2.24, 2.45) is 0 Å². The minimum absolute atomic E-state index is 0.307. The summed E-state index contributed by atoms with van der Waals surface area (Å²) in [5.41, 5.74) is 1.91. The summed E-state index contributed by atoms with van der Waals surface area (Å²) >= 11 is 7.52. The number of carbonyl (C=O) groups is 2. The van der Waals surface area contributed by atoms with Gasteiger partial charge in [0.25, 0.3) is 5.91 Å². The van der Waals surface area contributed by atoms with E-state index in [1.807, 2.05) is 0 Å². The van der Waals surface area contributed by atoms with E-state index in [2.05, 4.69) is 5.32 Å². The smallest absolute Gasteiger partial charge is 0.341 e. The van der Waals surface area contributed by atoms with Gasteiger partial charge in [-0.15, -0.1) is 11.3 Å². The molecule has 120 valence electrons. The van der Waals surface area contributed by atoms with E-state index >= 15 is 0 Å². The summed E-state index contributed by atoms with van der Waals surface area (Å²) in [7, 11) is 0. The van der Waals surface area contributed by atoms with Gasteiger partial charge >= 0.3 is 5.97 Å². The molecule has 4 nitrogen and oxygen atoms in total. The van der Waals surface area contributed by atoms with Crippen molar-refractivity contribution in [2.45, 2.75) is 26.2 Å². The molecule has 23 heavy (non-hydrogen) atoms. The molecular weight excluding hydrogens is 334 g/mol. The lowest BCUT2D eigenvalue weighted by atomic mass is 10.1. The molecule has 1 aromatic carbocycles. The molecule has 6 heteroatoms. The first-order chi connectivity index (χ1) is 11.1. The van der Waals surface area contributed by atoms with Crippen LogP contribution in [0.5, 0.6) is 0 Å². The Hall–Kier alpha value is -1.85. The number of aryl methyl sites for hydroxylation is 1. The van der Waals surface area contributed by atoms with Crippen LogP contribution in [0.4, 0.5) is 5.00 Å². The summed E-state index contributed by atoms with van der Waals surface area (Å²) in [4.78, 5) is 25.9. The van der Waals surface area contributed by atoms with E-state index in [1.165, 1.54) is 11.3 Å². The fraction of sp³-hybridized carbons (Fsp3) is 0.294. The Labute approximate surface area is 143 Å². The Morgan fingerprint density at radius 2 is 2.09 bits per heavy atom. The first-order valence-corrected chi connectivity index (χ1v) is 8.68. The number of benzene rings is 1. The SMILES string of the molecule is CCOC(=O)c1c(NC(=O)c2ccccc2Cl)sc2c1CCC2. The van der Waals surface area contributed by atoms with Crippen molar-refractivity contribution in [3.63, 3.8) is 0 Å². The van der Waals surface area contributed by atoms with E-state index in [1.54, 1.807) is 31.2 Å². The summed E-state index contributed by atoms with van der Waals surface area (Å²) < 4.78 is 5.15. The van der Waals surface area contributed by atoms with Crippen LogP contribution in [0, 0.1) is 0 Å². The maximum absolute atomic E-state index is 12.5. The second kappa shape index (κ2) is 6.72. The van der Waals surface area contributed by atoms with Crippen LogP contribution in [0.25, 0.3) is 0 Å². The standard InChI is InChI=1S/C17H16ClNO3S/c1-2-22-17(21)14-11-7-5-9-13(11)23-16(14)19-15(20)10-6-3-4-8-12(10)18/h3-4,6,8H,2,5,7,9H2,1H3,(H,19,20). The van der Waals surface area contributed by atoms with Crippen LogP contribution in [-0.2, 0) is 17.6 Å². The normalized spacial score (nSPS) is 12.8. The van der Waals surface area contributed by atoms with Crippen molar-refractivity contribution in [3.8, 4) is 0 Å². The number of fused-ring (bicyclic) bond motifs is 1. The summed E-state index contributed by atoms with van der Waals surface area (Å²) in [5, 5.41) is 3.77. The van der Waals surface area contributed by atoms with Crippen LogP contribution in [0.3, 0.4) is 0 Å². The summed E-state index contributed by atoms with van der Waals surface area (Å²) in [5.74, 6) is -0.692. The van der Waals surface area contributed by atoms with Crippen molar-refractivity contribution in [1.82, 2.24) is 0 Å². The average Bonchev–Trinajstić information content (AvgIpc) is 3.08. The van der Waals surface area contributed by atoms with Gasteiger partial charge in [0.2, 0.25) is 0 Å². The zero-order valence-electron chi connectivity index (χ0n) is 12.6. The van der Waals surface area contributed by atoms with Crippen molar-refractivity contribution in [3.05, 3.63) is 50.9 Å². The second-order valence-corrected chi connectivity index (χ2v) is 6.73. The topological polar surface area (TPSA) is 55.4 Å². The van der Waals surface area contributed by atoms with E-state index < -0.39 is 0 Å². The number of hydrogen-bond acceptors (Lipinski definition) is 4. The van der Waals surface area contributed by atoms with Crippen LogP contribution >= 0.6 is 22.9 Å². The summed E-state index contributed by atoms with van der Waals surface area (Å²) in [6.07, 6.45) is 2.82. The third kappa shape index (κ3) is 3.12. The highest BCUT2D eigenvalue weighted by Crippen LogP contribution is 2.39. The van der Waals surface area contributed by atoms with E-state index in [-0.39, 0.29) is 11.9 Å². The molecule has 0 saturated carbocycles. The fourth-order valence-electron chi connectivity index (χ4n) is 2.73. The molecule has 1 heterocycles. The van der Waals surface area contributed by atoms with Crippen molar-refractivity contribution in [2.75, 3.05) is 11.9 Å². The molecule has 0 aliphatic heterocycles. The van der Waals surface area contributed by atoms with Gasteiger partial charge in [0.05, 0.1) is 22.8 Å². The molecule has 0 radical (unpaired) electrons. The first-order valence-electron chi connectivity index (χ1n) is 7.49. The lowest BCUT2D eigenvalue weighted by Gasteiger charge is -2.08. The molecule has 1 aromatic heterocycles. The lowest BCUT2D eigenvalue weighted by molar-refractivity contribution is 0.0527. The number of halogens is 1. The van der Waals surface area contributed by atoms with Crippen molar-refractivity contribution in [1.29, 1.82) is 0 Å². The third-order valence-electron chi connectivity index (χ3n) is 3.75. The van der Waals surface area contributed by atoms with E-state index in [9.17, 15) is 9.59 Å². The van der Waals surface area contributed by atoms with Crippen LogP contribution < -0.4 is 5.32 Å². The van der Waals surface area contributed by atoms with Gasteiger partial charge in [0, 0.05) is 4.88 Å². The van der Waals surface area contributed by atoms with Crippen LogP contribution in [-0.4, -0.2) is 18.5 Å². The van der Waals surface area contributed by atoms with Gasteiger partial charge in [0.1, 0.15) is 5.00 Å². The van der Waals surface area contributed by atoms with Crippen LogP contribution in [0.15, 0.2) is 24.3 Å².